The Kier molecular flexibility index (Phi) is 52.5. The maximum absolute atomic E-state index is 12.8. The van der Waals surface area contributed by atoms with E-state index in [-0.39, 0.29) is 31.1 Å². The van der Waals surface area contributed by atoms with Gasteiger partial charge in [-0.15, -0.1) is 0 Å². The van der Waals surface area contributed by atoms with Gasteiger partial charge in [-0.2, -0.15) is 0 Å². The number of unbranched alkanes of at least 4 members (excludes halogenated alkanes) is 38. The van der Waals surface area contributed by atoms with Crippen molar-refractivity contribution in [2.24, 2.45) is 11.8 Å². The van der Waals surface area contributed by atoms with Crippen molar-refractivity contribution in [2.75, 3.05) is 13.2 Å². The standard InChI is InChI=1S/C61H118O6/c1-6-9-10-11-12-13-14-15-16-19-23-26-29-32-35-41-46-51-59(62)65-54-58(67-61(64)53-48-43-38-37-40-45-50-57(5)8-3)55-66-60(63)52-47-42-36-33-30-27-24-21-18-17-20-22-25-28-31-34-39-44-49-56(4)7-2/h56-58H,6-55H2,1-5H3/t56?,57?,58-/m1/s1. The maximum atomic E-state index is 12.8. The average Bonchev–Trinajstić information content (AvgIpc) is 3.33. The van der Waals surface area contributed by atoms with E-state index in [1.165, 1.54) is 231 Å². The molecule has 6 heteroatoms. The molecule has 0 aromatic carbocycles. The largest absolute Gasteiger partial charge is 0.462 e. The van der Waals surface area contributed by atoms with Crippen molar-refractivity contribution in [2.45, 2.75) is 349 Å². The first-order valence-electron chi connectivity index (χ1n) is 30.3. The van der Waals surface area contributed by atoms with Gasteiger partial charge < -0.3 is 14.2 Å². The Labute approximate surface area is 418 Å². The van der Waals surface area contributed by atoms with Crippen LogP contribution >= 0.6 is 0 Å². The Morgan fingerprint density at radius 1 is 0.299 bits per heavy atom. The molecule has 0 radical (unpaired) electrons. The first-order valence-corrected chi connectivity index (χ1v) is 30.3. The third-order valence-corrected chi connectivity index (χ3v) is 14.7. The molecule has 0 heterocycles. The summed E-state index contributed by atoms with van der Waals surface area (Å²) in [4.78, 5) is 38.1. The zero-order valence-corrected chi connectivity index (χ0v) is 46.0. The lowest BCUT2D eigenvalue weighted by molar-refractivity contribution is -0.167. The fourth-order valence-electron chi connectivity index (χ4n) is 9.34. The highest BCUT2D eigenvalue weighted by atomic mass is 16.6. The van der Waals surface area contributed by atoms with Crippen LogP contribution in [0.15, 0.2) is 0 Å². The highest BCUT2D eigenvalue weighted by molar-refractivity contribution is 5.71. The van der Waals surface area contributed by atoms with Crippen LogP contribution in [0.2, 0.25) is 0 Å². The second-order valence-electron chi connectivity index (χ2n) is 21.5. The first-order chi connectivity index (χ1) is 32.8. The third-order valence-electron chi connectivity index (χ3n) is 14.7. The lowest BCUT2D eigenvalue weighted by Crippen LogP contribution is -2.30. The topological polar surface area (TPSA) is 78.9 Å². The molecule has 0 aromatic rings. The van der Waals surface area contributed by atoms with E-state index in [2.05, 4.69) is 34.6 Å². The predicted molar refractivity (Wildman–Crippen MR) is 289 cm³/mol. The van der Waals surface area contributed by atoms with Crippen LogP contribution in [0, 0.1) is 11.8 Å². The molecule has 0 saturated heterocycles. The summed E-state index contributed by atoms with van der Waals surface area (Å²) in [5.74, 6) is 0.878. The predicted octanol–water partition coefficient (Wildman–Crippen LogP) is 20.0. The van der Waals surface area contributed by atoms with Crippen molar-refractivity contribution in [3.05, 3.63) is 0 Å². The maximum Gasteiger partial charge on any atom is 0.306 e. The Bertz CT molecular complexity index is 1030. The van der Waals surface area contributed by atoms with E-state index in [0.29, 0.717) is 19.3 Å². The van der Waals surface area contributed by atoms with Crippen molar-refractivity contribution >= 4 is 17.9 Å². The molecule has 0 N–H and O–H groups in total. The molecule has 0 rings (SSSR count). The minimum Gasteiger partial charge on any atom is -0.462 e. The molecule has 0 aliphatic heterocycles. The molecular formula is C61H118O6. The molecule has 0 amide bonds. The van der Waals surface area contributed by atoms with Gasteiger partial charge in [0.1, 0.15) is 13.2 Å². The molecule has 3 atom stereocenters. The van der Waals surface area contributed by atoms with E-state index in [1.54, 1.807) is 0 Å². The van der Waals surface area contributed by atoms with Crippen LogP contribution in [0.4, 0.5) is 0 Å². The molecule has 0 aliphatic rings. The van der Waals surface area contributed by atoms with Gasteiger partial charge in [-0.25, -0.2) is 0 Å². The zero-order valence-electron chi connectivity index (χ0n) is 46.0. The Hall–Kier alpha value is -1.59. The van der Waals surface area contributed by atoms with Crippen molar-refractivity contribution < 1.29 is 28.6 Å². The minimum atomic E-state index is -0.763. The van der Waals surface area contributed by atoms with Gasteiger partial charge in [0.2, 0.25) is 0 Å². The summed E-state index contributed by atoms with van der Waals surface area (Å²) in [6, 6.07) is 0. The van der Waals surface area contributed by atoms with Crippen molar-refractivity contribution in [3.8, 4) is 0 Å². The van der Waals surface area contributed by atoms with Gasteiger partial charge in [0.05, 0.1) is 0 Å². The van der Waals surface area contributed by atoms with E-state index in [9.17, 15) is 14.4 Å². The lowest BCUT2D eigenvalue weighted by Gasteiger charge is -2.18. The van der Waals surface area contributed by atoms with E-state index < -0.39 is 6.10 Å². The van der Waals surface area contributed by atoms with Crippen LogP contribution in [-0.2, 0) is 28.6 Å². The average molecular weight is 948 g/mol. The van der Waals surface area contributed by atoms with Crippen LogP contribution < -0.4 is 0 Å². The van der Waals surface area contributed by atoms with E-state index in [0.717, 1.165) is 69.6 Å². The minimum absolute atomic E-state index is 0.0636. The highest BCUT2D eigenvalue weighted by Crippen LogP contribution is 2.19. The summed E-state index contributed by atoms with van der Waals surface area (Å²) in [6.45, 7) is 11.4. The number of rotatable bonds is 55. The Morgan fingerprint density at radius 2 is 0.522 bits per heavy atom. The summed E-state index contributed by atoms with van der Waals surface area (Å²) in [7, 11) is 0. The van der Waals surface area contributed by atoms with Gasteiger partial charge >= 0.3 is 17.9 Å². The lowest BCUT2D eigenvalue weighted by atomic mass is 9.99. The molecular weight excluding hydrogens is 829 g/mol. The fraction of sp³-hybridized carbons (Fsp3) is 0.951. The van der Waals surface area contributed by atoms with Gasteiger partial charge in [0.25, 0.3) is 0 Å². The van der Waals surface area contributed by atoms with Crippen LogP contribution in [0.25, 0.3) is 0 Å². The molecule has 0 bridgehead atoms. The van der Waals surface area contributed by atoms with Crippen LogP contribution in [0.3, 0.4) is 0 Å². The fourth-order valence-corrected chi connectivity index (χ4v) is 9.34. The van der Waals surface area contributed by atoms with Gasteiger partial charge in [-0.05, 0) is 31.1 Å². The molecule has 6 nitrogen and oxygen atoms in total. The summed E-state index contributed by atoms with van der Waals surface area (Å²) >= 11 is 0. The molecule has 0 aliphatic carbocycles. The van der Waals surface area contributed by atoms with Gasteiger partial charge in [0, 0.05) is 19.3 Å². The second kappa shape index (κ2) is 53.8. The summed E-state index contributed by atoms with van der Waals surface area (Å²) in [5, 5.41) is 0. The van der Waals surface area contributed by atoms with E-state index in [1.807, 2.05) is 0 Å². The SMILES string of the molecule is CCCCCCCCCCCCCCCCCCCC(=O)OC[C@H](COC(=O)CCCCCCCCCCCCCCCCCCCCC(C)CC)OC(=O)CCCCCCCCC(C)CC. The Morgan fingerprint density at radius 3 is 0.776 bits per heavy atom. The third kappa shape index (κ3) is 52.1. The molecule has 0 fully saturated rings. The Balaban J connectivity index is 4.18. The molecule has 0 aromatic heterocycles. The summed E-state index contributed by atoms with van der Waals surface area (Å²) in [6.07, 6.45) is 58.2. The van der Waals surface area contributed by atoms with Crippen molar-refractivity contribution in [3.63, 3.8) is 0 Å². The first kappa shape index (κ1) is 65.4. The number of carbonyl (C=O) groups excluding carboxylic acids is 3. The summed E-state index contributed by atoms with van der Waals surface area (Å²) in [5.41, 5.74) is 0. The van der Waals surface area contributed by atoms with Crippen molar-refractivity contribution in [1.29, 1.82) is 0 Å². The molecule has 2 unspecified atom stereocenters. The monoisotopic (exact) mass is 947 g/mol. The zero-order chi connectivity index (χ0) is 48.9. The van der Waals surface area contributed by atoms with E-state index in [4.69, 9.17) is 14.2 Å². The van der Waals surface area contributed by atoms with Crippen LogP contribution in [-0.4, -0.2) is 37.2 Å². The number of ether oxygens (including phenoxy) is 3. The number of esters is 3. The van der Waals surface area contributed by atoms with Crippen molar-refractivity contribution in [1.82, 2.24) is 0 Å². The van der Waals surface area contributed by atoms with Crippen LogP contribution in [0.1, 0.15) is 343 Å². The molecule has 67 heavy (non-hydrogen) atoms. The molecule has 398 valence electrons. The smallest absolute Gasteiger partial charge is 0.306 e. The number of hydrogen-bond donors (Lipinski definition) is 0. The van der Waals surface area contributed by atoms with Gasteiger partial charge in [-0.1, -0.05) is 304 Å². The summed E-state index contributed by atoms with van der Waals surface area (Å²) < 4.78 is 16.9. The van der Waals surface area contributed by atoms with Gasteiger partial charge in [-0.3, -0.25) is 14.4 Å². The van der Waals surface area contributed by atoms with Crippen LogP contribution in [0.5, 0.6) is 0 Å². The normalized spacial score (nSPS) is 12.9. The molecule has 0 spiro atoms. The highest BCUT2D eigenvalue weighted by Gasteiger charge is 2.19. The number of hydrogen-bond acceptors (Lipinski definition) is 6. The quantitative estimate of drug-likeness (QED) is 0.0343. The van der Waals surface area contributed by atoms with E-state index >= 15 is 0 Å². The molecule has 0 saturated carbocycles. The number of carbonyl (C=O) groups is 3. The second-order valence-corrected chi connectivity index (χ2v) is 21.5. The van der Waals surface area contributed by atoms with Gasteiger partial charge in [0.15, 0.2) is 6.10 Å².